The molecule has 0 radical (unpaired) electrons. The van der Waals surface area contributed by atoms with Gasteiger partial charge in [-0.05, 0) is 46.1 Å². The van der Waals surface area contributed by atoms with Gasteiger partial charge in [0.15, 0.2) is 0 Å². The third-order valence-electron chi connectivity index (χ3n) is 3.74. The van der Waals surface area contributed by atoms with Gasteiger partial charge in [-0.15, -0.1) is 0 Å². The summed E-state index contributed by atoms with van der Waals surface area (Å²) in [5.74, 6) is 0.883. The first-order valence-electron chi connectivity index (χ1n) is 6.74. The highest BCUT2D eigenvalue weighted by molar-refractivity contribution is 4.80. The highest BCUT2D eigenvalue weighted by Crippen LogP contribution is 2.20. The Bertz CT molecular complexity index is 212. The zero-order chi connectivity index (χ0) is 11.5. The number of nitrogens with one attached hydrogen (secondary N) is 1. The summed E-state index contributed by atoms with van der Waals surface area (Å²) in [4.78, 5) is 2.60. The summed E-state index contributed by atoms with van der Waals surface area (Å²) in [7, 11) is 0. The van der Waals surface area contributed by atoms with E-state index in [-0.39, 0.29) is 0 Å². The molecule has 2 fully saturated rings. The van der Waals surface area contributed by atoms with E-state index in [1.807, 2.05) is 0 Å². The van der Waals surface area contributed by atoms with Crippen molar-refractivity contribution in [2.75, 3.05) is 26.2 Å². The molecule has 0 saturated carbocycles. The van der Waals surface area contributed by atoms with Crippen molar-refractivity contribution in [2.24, 2.45) is 5.92 Å². The Hall–Kier alpha value is -0.120. The minimum absolute atomic E-state index is 0.405. The largest absolute Gasteiger partial charge is 0.373 e. The summed E-state index contributed by atoms with van der Waals surface area (Å²) >= 11 is 0. The fourth-order valence-corrected chi connectivity index (χ4v) is 3.20. The van der Waals surface area contributed by atoms with E-state index in [9.17, 15) is 0 Å². The molecule has 0 aliphatic carbocycles. The summed E-state index contributed by atoms with van der Waals surface area (Å²) in [5, 5.41) is 3.52. The number of hydrogen-bond acceptors (Lipinski definition) is 3. The van der Waals surface area contributed by atoms with Gasteiger partial charge in [0.05, 0.1) is 12.2 Å². The molecule has 4 unspecified atom stereocenters. The van der Waals surface area contributed by atoms with Gasteiger partial charge >= 0.3 is 0 Å². The first kappa shape index (κ1) is 12.3. The smallest absolute Gasteiger partial charge is 0.0678 e. The lowest BCUT2D eigenvalue weighted by molar-refractivity contribution is -0.0725. The molecule has 2 rings (SSSR count). The molecule has 16 heavy (non-hydrogen) atoms. The maximum atomic E-state index is 5.77. The second-order valence-corrected chi connectivity index (χ2v) is 5.72. The van der Waals surface area contributed by atoms with Crippen molar-refractivity contribution >= 4 is 0 Å². The van der Waals surface area contributed by atoms with Crippen LogP contribution in [0.25, 0.3) is 0 Å². The number of ether oxygens (including phenoxy) is 1. The molecule has 0 bridgehead atoms. The van der Waals surface area contributed by atoms with Crippen molar-refractivity contribution < 1.29 is 4.74 Å². The van der Waals surface area contributed by atoms with Crippen molar-refractivity contribution in [1.29, 1.82) is 0 Å². The topological polar surface area (TPSA) is 24.5 Å². The van der Waals surface area contributed by atoms with Crippen molar-refractivity contribution in [2.45, 2.75) is 51.9 Å². The van der Waals surface area contributed by atoms with Crippen molar-refractivity contribution in [1.82, 2.24) is 10.2 Å². The zero-order valence-corrected chi connectivity index (χ0v) is 10.9. The van der Waals surface area contributed by atoms with E-state index in [4.69, 9.17) is 4.74 Å². The monoisotopic (exact) mass is 226 g/mol. The predicted molar refractivity (Wildman–Crippen MR) is 66.6 cm³/mol. The quantitative estimate of drug-likeness (QED) is 0.772. The third-order valence-corrected chi connectivity index (χ3v) is 3.74. The van der Waals surface area contributed by atoms with Gasteiger partial charge in [-0.25, -0.2) is 0 Å². The molecule has 0 spiro atoms. The van der Waals surface area contributed by atoms with Crippen LogP contribution in [0.1, 0.15) is 33.6 Å². The van der Waals surface area contributed by atoms with E-state index in [1.165, 1.54) is 25.9 Å². The number of morpholine rings is 1. The van der Waals surface area contributed by atoms with E-state index >= 15 is 0 Å². The summed E-state index contributed by atoms with van der Waals surface area (Å²) in [6.45, 7) is 11.4. The molecule has 2 heterocycles. The minimum atomic E-state index is 0.405. The Morgan fingerprint density at radius 1 is 1.19 bits per heavy atom. The average Bonchev–Trinajstić information content (AvgIpc) is 2.15. The van der Waals surface area contributed by atoms with Crippen molar-refractivity contribution in [3.8, 4) is 0 Å². The summed E-state index contributed by atoms with van der Waals surface area (Å²) in [6, 6.07) is 0.703. The van der Waals surface area contributed by atoms with E-state index < -0.39 is 0 Å². The van der Waals surface area contributed by atoms with Crippen LogP contribution in [0.3, 0.4) is 0 Å². The lowest BCUT2D eigenvalue weighted by Crippen LogP contribution is -2.48. The van der Waals surface area contributed by atoms with Crippen LogP contribution in [0, 0.1) is 5.92 Å². The maximum absolute atomic E-state index is 5.77. The van der Waals surface area contributed by atoms with Crippen LogP contribution in [-0.2, 0) is 4.74 Å². The zero-order valence-electron chi connectivity index (χ0n) is 10.9. The van der Waals surface area contributed by atoms with Crippen LogP contribution in [-0.4, -0.2) is 49.3 Å². The lowest BCUT2D eigenvalue weighted by atomic mass is 9.92. The molecule has 0 aromatic heterocycles. The normalized spacial score (nSPS) is 42.2. The Morgan fingerprint density at radius 3 is 2.50 bits per heavy atom. The van der Waals surface area contributed by atoms with E-state index in [1.54, 1.807) is 0 Å². The first-order valence-corrected chi connectivity index (χ1v) is 6.74. The predicted octanol–water partition coefficient (Wildman–Crippen LogP) is 1.48. The van der Waals surface area contributed by atoms with Gasteiger partial charge < -0.3 is 10.1 Å². The SMILES string of the molecule is CC1CC(CN2CC(C)OC(C)C2)CCN1. The van der Waals surface area contributed by atoms with Crippen LogP contribution < -0.4 is 5.32 Å². The Balaban J connectivity index is 1.79. The van der Waals surface area contributed by atoms with Gasteiger partial charge in [0, 0.05) is 25.7 Å². The highest BCUT2D eigenvalue weighted by Gasteiger charge is 2.26. The molecule has 3 nitrogen and oxygen atoms in total. The van der Waals surface area contributed by atoms with Crippen LogP contribution in [0.5, 0.6) is 0 Å². The molecule has 0 amide bonds. The van der Waals surface area contributed by atoms with E-state index in [2.05, 4.69) is 31.0 Å². The van der Waals surface area contributed by atoms with Gasteiger partial charge in [0.1, 0.15) is 0 Å². The van der Waals surface area contributed by atoms with Gasteiger partial charge in [0.25, 0.3) is 0 Å². The molecule has 3 heteroatoms. The van der Waals surface area contributed by atoms with Gasteiger partial charge in [-0.3, -0.25) is 4.90 Å². The first-order chi connectivity index (χ1) is 7.63. The summed E-state index contributed by atoms with van der Waals surface area (Å²) in [6.07, 6.45) is 3.48. The Morgan fingerprint density at radius 2 is 1.88 bits per heavy atom. The molecule has 0 aromatic carbocycles. The molecule has 0 aromatic rings. The molecular formula is C13H26N2O. The molecule has 94 valence electrons. The van der Waals surface area contributed by atoms with Gasteiger partial charge in [-0.1, -0.05) is 0 Å². The number of piperidine rings is 1. The minimum Gasteiger partial charge on any atom is -0.373 e. The summed E-state index contributed by atoms with van der Waals surface area (Å²) < 4.78 is 5.77. The van der Waals surface area contributed by atoms with Crippen molar-refractivity contribution in [3.05, 3.63) is 0 Å². The summed E-state index contributed by atoms with van der Waals surface area (Å²) in [5.41, 5.74) is 0. The second-order valence-electron chi connectivity index (χ2n) is 5.72. The molecular weight excluding hydrogens is 200 g/mol. The number of rotatable bonds is 2. The average molecular weight is 226 g/mol. The van der Waals surface area contributed by atoms with Gasteiger partial charge in [-0.2, -0.15) is 0 Å². The number of hydrogen-bond donors (Lipinski definition) is 1. The van der Waals surface area contributed by atoms with Crippen LogP contribution in [0.4, 0.5) is 0 Å². The van der Waals surface area contributed by atoms with Crippen molar-refractivity contribution in [3.63, 3.8) is 0 Å². The van der Waals surface area contributed by atoms with Crippen LogP contribution in [0.15, 0.2) is 0 Å². The maximum Gasteiger partial charge on any atom is 0.0678 e. The molecule has 4 atom stereocenters. The van der Waals surface area contributed by atoms with E-state index in [0.29, 0.717) is 18.2 Å². The molecule has 2 aliphatic heterocycles. The fraction of sp³-hybridized carbons (Fsp3) is 1.00. The standard InChI is InChI=1S/C13H26N2O/c1-10-6-13(4-5-14-10)9-15-7-11(2)16-12(3)8-15/h10-14H,4-9H2,1-3H3. The van der Waals surface area contributed by atoms with Gasteiger partial charge in [0.2, 0.25) is 0 Å². The third kappa shape index (κ3) is 3.44. The Kier molecular flexibility index (Phi) is 4.22. The molecule has 2 aliphatic rings. The van der Waals surface area contributed by atoms with Crippen LogP contribution >= 0.6 is 0 Å². The Labute approximate surface area is 99.5 Å². The fourth-order valence-electron chi connectivity index (χ4n) is 3.20. The lowest BCUT2D eigenvalue weighted by Gasteiger charge is -2.39. The highest BCUT2D eigenvalue weighted by atomic mass is 16.5. The van der Waals surface area contributed by atoms with E-state index in [0.717, 1.165) is 19.0 Å². The molecule has 2 saturated heterocycles. The molecule has 1 N–H and O–H groups in total. The second kappa shape index (κ2) is 5.48. The van der Waals surface area contributed by atoms with Crippen LogP contribution in [0.2, 0.25) is 0 Å². The number of nitrogens with zero attached hydrogens (tertiary/aromatic N) is 1.